The van der Waals surface area contributed by atoms with Crippen LogP contribution in [0, 0.1) is 5.89 Å². The van der Waals surface area contributed by atoms with Gasteiger partial charge < -0.3 is 5.11 Å². The highest BCUT2D eigenvalue weighted by Crippen LogP contribution is 1.87. The molecule has 0 saturated heterocycles. The lowest BCUT2D eigenvalue weighted by molar-refractivity contribution is -0.140. The third-order valence-electron chi connectivity index (χ3n) is 0.214. The second kappa shape index (κ2) is 1.80. The van der Waals surface area contributed by atoms with Crippen LogP contribution in [0.25, 0.3) is 0 Å². The lowest BCUT2D eigenvalue weighted by atomic mass is 10.2. The molecule has 0 atom stereocenters. The number of carboxylic acids is 1. The summed E-state index contributed by atoms with van der Waals surface area (Å²) < 4.78 is 47.0. The van der Waals surface area contributed by atoms with Crippen molar-refractivity contribution in [2.75, 3.05) is 0 Å². The number of aliphatic carboxylic acids is 1. The van der Waals surface area contributed by atoms with Gasteiger partial charge in [-0.3, -0.25) is 4.79 Å². The molecule has 0 aliphatic heterocycles. The molecule has 0 aromatic carbocycles. The van der Waals surface area contributed by atoms with Gasteiger partial charge in [-0.15, -0.1) is 0 Å². The van der Waals surface area contributed by atoms with Crippen LogP contribution >= 0.6 is 0 Å². The summed E-state index contributed by atoms with van der Waals surface area (Å²) in [7, 11) is 0. The third kappa shape index (κ3) is 1.76. The van der Waals surface area contributed by atoms with Crippen molar-refractivity contribution in [1.82, 2.24) is 0 Å². The maximum Gasteiger partial charge on any atom is 0.305 e. The average molecular weight is 95.1 g/mol. The molecule has 2 nitrogen and oxygen atoms in total. The molecular weight excluding hydrogens is 80.0 g/mol. The first kappa shape index (κ1) is 0.831. The summed E-state index contributed by atoms with van der Waals surface area (Å²) in [4.78, 5) is 10.4. The quantitative estimate of drug-likeness (QED) is 0.521. The summed E-state index contributed by atoms with van der Waals surface area (Å²) in [5, 5.41) is 8.40. The van der Waals surface area contributed by atoms with E-state index in [1.807, 2.05) is 0 Å². The van der Waals surface area contributed by atoms with E-state index in [1.165, 1.54) is 0 Å². The first-order valence-electron chi connectivity index (χ1n) is 4.68. The maximum atomic E-state index is 10.4. The van der Waals surface area contributed by atoms with Gasteiger partial charge in [0, 0.05) is 9.60 Å². The molecular formula is C4H8O2. The van der Waals surface area contributed by atoms with Gasteiger partial charge in [0.2, 0.25) is 0 Å². The number of carboxylic acid groups (broad SMARTS) is 1. The van der Waals surface area contributed by atoms with Gasteiger partial charge in [-0.25, -0.2) is 0 Å². The Morgan fingerprint density at radius 3 is 2.67 bits per heavy atom. The van der Waals surface area contributed by atoms with Crippen LogP contribution in [0.3, 0.4) is 0 Å². The van der Waals surface area contributed by atoms with Crippen molar-refractivity contribution in [3.05, 3.63) is 0 Å². The zero-order valence-electron chi connectivity index (χ0n) is 9.86. The molecule has 0 aliphatic rings. The van der Waals surface area contributed by atoms with Gasteiger partial charge in [0.1, 0.15) is 0 Å². The lowest BCUT2D eigenvalue weighted by Gasteiger charge is -1.89. The SMILES string of the molecule is [2H]C([2H])([2H])C([2H])(C(=O)O)C([2H])([2H])[2H]. The minimum absolute atomic E-state index is 2.17. The van der Waals surface area contributed by atoms with Crippen LogP contribution in [0.4, 0.5) is 0 Å². The van der Waals surface area contributed by atoms with E-state index in [2.05, 4.69) is 0 Å². The highest BCUT2D eigenvalue weighted by Gasteiger charge is 1.99. The smallest absolute Gasteiger partial charge is 0.305 e. The Labute approximate surface area is 46.6 Å². The summed E-state index contributed by atoms with van der Waals surface area (Å²) in [6, 6.07) is 0. The van der Waals surface area contributed by atoms with Gasteiger partial charge in [-0.05, 0) is 0 Å². The molecule has 0 amide bonds. The van der Waals surface area contributed by atoms with Crippen molar-refractivity contribution in [3.8, 4) is 0 Å². The van der Waals surface area contributed by atoms with Gasteiger partial charge in [-0.2, -0.15) is 0 Å². The first-order chi connectivity index (χ1) is 5.44. The Morgan fingerprint density at radius 2 is 2.67 bits per heavy atom. The van der Waals surface area contributed by atoms with Crippen LogP contribution in [0.2, 0.25) is 0 Å². The van der Waals surface area contributed by atoms with Crippen molar-refractivity contribution < 1.29 is 19.5 Å². The maximum absolute atomic E-state index is 10.4. The fraction of sp³-hybridized carbons (Fsp3) is 0.750. The van der Waals surface area contributed by atoms with E-state index in [4.69, 9.17) is 14.7 Å². The van der Waals surface area contributed by atoms with E-state index in [1.54, 1.807) is 0 Å². The first-order valence-corrected chi connectivity index (χ1v) is 1.18. The molecule has 0 heterocycles. The Morgan fingerprint density at radius 1 is 2.17 bits per heavy atom. The van der Waals surface area contributed by atoms with Gasteiger partial charge in [-0.1, -0.05) is 13.7 Å². The topological polar surface area (TPSA) is 37.3 Å². The Bertz CT molecular complexity index is 200. The third-order valence-corrected chi connectivity index (χ3v) is 0.214. The zero-order valence-corrected chi connectivity index (χ0v) is 2.86. The molecule has 2 heteroatoms. The molecule has 0 aromatic heterocycles. The van der Waals surface area contributed by atoms with Crippen molar-refractivity contribution in [3.63, 3.8) is 0 Å². The molecule has 0 aliphatic carbocycles. The normalized spacial score (nSPS) is 32.3. The molecule has 0 radical (unpaired) electrons. The Hall–Kier alpha value is -0.530. The number of carbonyl (C=O) groups is 1. The second-order valence-electron chi connectivity index (χ2n) is 0.680. The van der Waals surface area contributed by atoms with Crippen molar-refractivity contribution >= 4 is 5.97 Å². The van der Waals surface area contributed by atoms with Crippen LogP contribution in [0.1, 0.15) is 23.3 Å². The largest absolute Gasteiger partial charge is 0.481 e. The van der Waals surface area contributed by atoms with Crippen LogP contribution in [0.15, 0.2) is 0 Å². The Kier molecular flexibility index (Phi) is 0.249. The van der Waals surface area contributed by atoms with Crippen molar-refractivity contribution in [2.45, 2.75) is 13.7 Å². The molecule has 0 unspecified atom stereocenters. The van der Waals surface area contributed by atoms with E-state index < -0.39 is 25.6 Å². The number of hydrogen-bond donors (Lipinski definition) is 1. The Balaban J connectivity index is 5.35. The molecule has 0 bridgehead atoms. The van der Waals surface area contributed by atoms with Gasteiger partial charge in [0.05, 0.1) is 5.89 Å². The summed E-state index contributed by atoms with van der Waals surface area (Å²) in [5.41, 5.74) is 0. The number of hydrogen-bond acceptors (Lipinski definition) is 1. The molecule has 0 rings (SSSR count). The summed E-state index contributed by atoms with van der Waals surface area (Å²) in [6.07, 6.45) is 0. The minimum Gasteiger partial charge on any atom is -0.481 e. The molecule has 6 heavy (non-hydrogen) atoms. The van der Waals surface area contributed by atoms with Crippen LogP contribution in [-0.2, 0) is 4.79 Å². The minimum atomic E-state index is -3.46. The standard InChI is InChI=1S/C4H8O2/c1-3(2)4(5)6/h3H,1-2H3,(H,5,6)/i1D3,2D3,3D. The summed E-state index contributed by atoms with van der Waals surface area (Å²) in [6.45, 7) is -6.77. The van der Waals surface area contributed by atoms with E-state index in [-0.39, 0.29) is 0 Å². The van der Waals surface area contributed by atoms with Gasteiger partial charge >= 0.3 is 5.97 Å². The predicted octanol–water partition coefficient (Wildman–Crippen LogP) is 0.727. The molecule has 1 N–H and O–H groups in total. The highest BCUT2D eigenvalue weighted by molar-refractivity contribution is 5.68. The zero-order chi connectivity index (χ0) is 11.1. The monoisotopic (exact) mass is 95.1 g/mol. The van der Waals surface area contributed by atoms with E-state index in [9.17, 15) is 4.79 Å². The molecule has 0 fully saturated rings. The van der Waals surface area contributed by atoms with E-state index >= 15 is 0 Å². The van der Waals surface area contributed by atoms with Gasteiger partial charge in [0.25, 0.3) is 0 Å². The predicted molar refractivity (Wildman–Crippen MR) is 22.5 cm³/mol. The van der Waals surface area contributed by atoms with Crippen LogP contribution in [0.5, 0.6) is 0 Å². The average Bonchev–Trinajstić information content (AvgIpc) is 1.80. The van der Waals surface area contributed by atoms with Crippen LogP contribution < -0.4 is 0 Å². The fourth-order valence-electron chi connectivity index (χ4n) is 0. The van der Waals surface area contributed by atoms with E-state index in [0.717, 1.165) is 0 Å². The fourth-order valence-corrected chi connectivity index (χ4v) is 0. The molecule has 0 aromatic rings. The van der Waals surface area contributed by atoms with Crippen molar-refractivity contribution in [1.29, 1.82) is 0 Å². The second-order valence-corrected chi connectivity index (χ2v) is 0.680. The number of rotatable bonds is 1. The summed E-state index contributed by atoms with van der Waals surface area (Å²) in [5.74, 6) is -5.63. The van der Waals surface area contributed by atoms with Gasteiger partial charge in [0.15, 0.2) is 0 Å². The molecule has 36 valence electrons. The van der Waals surface area contributed by atoms with E-state index in [0.29, 0.717) is 0 Å². The highest BCUT2D eigenvalue weighted by atomic mass is 16.4. The summed E-state index contributed by atoms with van der Waals surface area (Å²) >= 11 is 0. The van der Waals surface area contributed by atoms with Crippen molar-refractivity contribution in [2.24, 2.45) is 5.89 Å². The molecule has 0 saturated carbocycles. The lowest BCUT2D eigenvalue weighted by Crippen LogP contribution is -2.03. The molecule has 0 spiro atoms. The van der Waals surface area contributed by atoms with Crippen LogP contribution in [-0.4, -0.2) is 11.1 Å².